The van der Waals surface area contributed by atoms with Gasteiger partial charge in [-0.25, -0.2) is 9.97 Å². The second-order valence-electron chi connectivity index (χ2n) is 8.71. The van der Waals surface area contributed by atoms with Gasteiger partial charge >= 0.3 is 6.18 Å². The first-order chi connectivity index (χ1) is 17.4. The summed E-state index contributed by atoms with van der Waals surface area (Å²) >= 11 is 0. The molecule has 2 amide bonds. The molecule has 0 unspecified atom stereocenters. The normalized spacial score (nSPS) is 13.3. The van der Waals surface area contributed by atoms with Crippen molar-refractivity contribution in [1.82, 2.24) is 15.3 Å². The van der Waals surface area contributed by atoms with E-state index in [1.54, 1.807) is 12.1 Å². The predicted octanol–water partition coefficient (Wildman–Crippen LogP) is 5.77. The number of primary amides is 1. The van der Waals surface area contributed by atoms with Crippen molar-refractivity contribution in [3.8, 4) is 5.75 Å². The van der Waals surface area contributed by atoms with Gasteiger partial charge in [-0.05, 0) is 31.0 Å². The van der Waals surface area contributed by atoms with Crippen LogP contribution in [0.25, 0.3) is 0 Å². The number of hydrogen-bond acceptors (Lipinski definition) is 6. The summed E-state index contributed by atoms with van der Waals surface area (Å²) in [5, 5.41) is 5.26. The highest BCUT2D eigenvalue weighted by Gasteiger charge is 2.33. The van der Waals surface area contributed by atoms with Crippen LogP contribution in [0.15, 0.2) is 24.4 Å². The Balaban J connectivity index is 0.000000432. The first-order valence-corrected chi connectivity index (χ1v) is 12.3. The van der Waals surface area contributed by atoms with Crippen LogP contribution in [-0.4, -0.2) is 35.9 Å². The lowest BCUT2D eigenvalue weighted by Crippen LogP contribution is -2.17. The number of alkyl halides is 3. The van der Waals surface area contributed by atoms with Crippen molar-refractivity contribution in [2.75, 3.05) is 19.5 Å². The Morgan fingerprint density at radius 3 is 2.30 bits per heavy atom. The Morgan fingerprint density at radius 2 is 1.81 bits per heavy atom. The molecule has 8 nitrogen and oxygen atoms in total. The lowest BCUT2D eigenvalue weighted by Gasteiger charge is -2.20. The average Bonchev–Trinajstić information content (AvgIpc) is 2.84. The number of aryl methyl sites for hydroxylation is 1. The van der Waals surface area contributed by atoms with Crippen LogP contribution >= 0.6 is 0 Å². The van der Waals surface area contributed by atoms with Crippen LogP contribution < -0.4 is 21.1 Å². The van der Waals surface area contributed by atoms with Gasteiger partial charge in [-0.2, -0.15) is 13.2 Å². The standard InChI is InChI=1S/C15H15F3N4O2.C9H18.C2H5NO/c1-8-10(15(16,17)18)7-20-14(21-8)22-11-5-4-9(13(23)19-2)6-12(11)24-3;1-2-6-9-7-4-3-5-8-9;1-2(3)4/h4-7H,1-3H3,(H,19,23)(H,20,21,22);9H,2-8H2,1H3;1H3,(H2,3,4). The summed E-state index contributed by atoms with van der Waals surface area (Å²) < 4.78 is 43.3. The van der Waals surface area contributed by atoms with Crippen LogP contribution in [0.5, 0.6) is 5.75 Å². The largest absolute Gasteiger partial charge is 0.495 e. The minimum Gasteiger partial charge on any atom is -0.495 e. The number of rotatable bonds is 6. The number of ether oxygens (including phenoxy) is 1. The zero-order valence-corrected chi connectivity index (χ0v) is 22.2. The van der Waals surface area contributed by atoms with Crippen molar-refractivity contribution >= 4 is 23.5 Å². The quantitative estimate of drug-likeness (QED) is 0.440. The minimum absolute atomic E-state index is 0.00788. The van der Waals surface area contributed by atoms with Gasteiger partial charge in [0.1, 0.15) is 5.75 Å². The molecule has 2 aromatic rings. The number of benzene rings is 1. The van der Waals surface area contributed by atoms with E-state index in [0.717, 1.165) is 12.1 Å². The van der Waals surface area contributed by atoms with Crippen LogP contribution in [0, 0.1) is 12.8 Å². The number of halogens is 3. The molecule has 1 aliphatic carbocycles. The van der Waals surface area contributed by atoms with Crippen LogP contribution in [-0.2, 0) is 11.0 Å². The first kappa shape index (κ1) is 31.7. The highest BCUT2D eigenvalue weighted by atomic mass is 19.4. The number of carbonyl (C=O) groups excluding carboxylic acids is 2. The highest BCUT2D eigenvalue weighted by Crippen LogP contribution is 2.32. The van der Waals surface area contributed by atoms with Crippen LogP contribution in [0.2, 0.25) is 0 Å². The van der Waals surface area contributed by atoms with Crippen LogP contribution in [0.3, 0.4) is 0 Å². The van der Waals surface area contributed by atoms with E-state index in [1.807, 2.05) is 0 Å². The van der Waals surface area contributed by atoms with E-state index in [2.05, 4.69) is 33.3 Å². The summed E-state index contributed by atoms with van der Waals surface area (Å²) in [4.78, 5) is 28.3. The van der Waals surface area contributed by atoms with Gasteiger partial charge in [0.25, 0.3) is 5.91 Å². The fourth-order valence-corrected chi connectivity index (χ4v) is 3.89. The summed E-state index contributed by atoms with van der Waals surface area (Å²) in [7, 11) is 2.91. The van der Waals surface area contributed by atoms with Gasteiger partial charge in [0, 0.05) is 25.7 Å². The third-order valence-corrected chi connectivity index (χ3v) is 5.64. The van der Waals surface area contributed by atoms with Crippen molar-refractivity contribution < 1.29 is 27.5 Å². The van der Waals surface area contributed by atoms with E-state index in [-0.39, 0.29) is 23.5 Å². The maximum absolute atomic E-state index is 12.7. The Kier molecular flexibility index (Phi) is 13.4. The molecule has 0 atom stereocenters. The van der Waals surface area contributed by atoms with E-state index in [4.69, 9.17) is 4.74 Å². The molecular formula is C26H38F3N5O3. The second-order valence-corrected chi connectivity index (χ2v) is 8.71. The first-order valence-electron chi connectivity index (χ1n) is 12.3. The topological polar surface area (TPSA) is 119 Å². The molecule has 1 saturated carbocycles. The summed E-state index contributed by atoms with van der Waals surface area (Å²) in [6.45, 7) is 4.86. The molecule has 0 spiro atoms. The number of nitrogens with zero attached hydrogens (tertiary/aromatic N) is 2. The van der Waals surface area contributed by atoms with Gasteiger partial charge in [-0.1, -0.05) is 51.9 Å². The molecule has 0 saturated heterocycles. The van der Waals surface area contributed by atoms with Crippen molar-refractivity contribution in [3.05, 3.63) is 41.2 Å². The van der Waals surface area contributed by atoms with E-state index >= 15 is 0 Å². The smallest absolute Gasteiger partial charge is 0.419 e. The number of anilines is 2. The lowest BCUT2D eigenvalue weighted by molar-refractivity contribution is -0.138. The van der Waals surface area contributed by atoms with Gasteiger partial charge in [0.2, 0.25) is 11.9 Å². The Morgan fingerprint density at radius 1 is 1.19 bits per heavy atom. The van der Waals surface area contributed by atoms with Gasteiger partial charge in [0.05, 0.1) is 24.1 Å². The molecule has 206 valence electrons. The van der Waals surface area contributed by atoms with Crippen LogP contribution in [0.1, 0.15) is 80.4 Å². The molecular weight excluding hydrogens is 487 g/mol. The molecule has 37 heavy (non-hydrogen) atoms. The molecule has 0 aliphatic heterocycles. The summed E-state index contributed by atoms with van der Waals surface area (Å²) in [5.74, 6) is 0.800. The lowest BCUT2D eigenvalue weighted by atomic mass is 9.86. The molecule has 4 N–H and O–H groups in total. The summed E-state index contributed by atoms with van der Waals surface area (Å²) in [5.41, 5.74) is 4.18. The van der Waals surface area contributed by atoms with Crippen molar-refractivity contribution in [2.24, 2.45) is 11.7 Å². The molecule has 1 aromatic heterocycles. The summed E-state index contributed by atoms with van der Waals surface area (Å²) in [6, 6.07) is 4.60. The van der Waals surface area contributed by atoms with Crippen molar-refractivity contribution in [1.29, 1.82) is 0 Å². The molecule has 1 heterocycles. The Bertz CT molecular complexity index is 1000. The fraction of sp³-hybridized carbons (Fsp3) is 0.538. The van der Waals surface area contributed by atoms with Crippen molar-refractivity contribution in [3.63, 3.8) is 0 Å². The third-order valence-electron chi connectivity index (χ3n) is 5.64. The summed E-state index contributed by atoms with van der Waals surface area (Å²) in [6.07, 6.45) is 6.65. The Hall–Kier alpha value is -3.37. The molecule has 3 rings (SSSR count). The number of nitrogens with one attached hydrogen (secondary N) is 2. The highest BCUT2D eigenvalue weighted by molar-refractivity contribution is 5.95. The number of nitrogens with two attached hydrogens (primary N) is 1. The molecule has 1 fully saturated rings. The average molecular weight is 526 g/mol. The second kappa shape index (κ2) is 15.7. The van der Waals surface area contributed by atoms with Crippen molar-refractivity contribution in [2.45, 2.75) is 71.9 Å². The monoisotopic (exact) mass is 525 g/mol. The van der Waals surface area contributed by atoms with Gasteiger partial charge in [-0.15, -0.1) is 0 Å². The maximum Gasteiger partial charge on any atom is 0.419 e. The number of aromatic nitrogens is 2. The molecule has 0 bridgehead atoms. The number of carbonyl (C=O) groups is 2. The molecule has 1 aliphatic rings. The molecule has 11 heteroatoms. The Labute approximate surface area is 216 Å². The predicted molar refractivity (Wildman–Crippen MR) is 138 cm³/mol. The van der Waals surface area contributed by atoms with Crippen LogP contribution in [0.4, 0.5) is 24.8 Å². The maximum atomic E-state index is 12.7. The minimum atomic E-state index is -4.50. The van der Waals surface area contributed by atoms with E-state index in [9.17, 15) is 22.8 Å². The molecule has 1 aromatic carbocycles. The number of amides is 2. The number of methoxy groups -OCH3 is 1. The SMILES string of the molecule is CC(N)=O.CCCC1CCCCC1.CNC(=O)c1ccc(Nc2ncc(C(F)(F)F)c(C)n2)c(OC)c1. The van der Waals surface area contributed by atoms with Gasteiger partial charge < -0.3 is 21.1 Å². The fourth-order valence-electron chi connectivity index (χ4n) is 3.89. The van der Waals surface area contributed by atoms with E-state index in [1.165, 1.54) is 79.0 Å². The third kappa shape index (κ3) is 11.5. The zero-order valence-electron chi connectivity index (χ0n) is 22.2. The van der Waals surface area contributed by atoms with E-state index < -0.39 is 11.7 Å². The number of hydrogen-bond donors (Lipinski definition) is 3. The van der Waals surface area contributed by atoms with E-state index in [0.29, 0.717) is 17.0 Å². The molecule has 0 radical (unpaired) electrons. The zero-order chi connectivity index (χ0) is 28.0. The van der Waals surface area contributed by atoms with Gasteiger partial charge in [-0.3, -0.25) is 9.59 Å². The van der Waals surface area contributed by atoms with Gasteiger partial charge in [0.15, 0.2) is 0 Å².